The molecule has 0 radical (unpaired) electrons. The summed E-state index contributed by atoms with van der Waals surface area (Å²) in [6.07, 6.45) is 3.30. The van der Waals surface area contributed by atoms with Crippen molar-refractivity contribution in [1.29, 1.82) is 0 Å². The Hall–Kier alpha value is -3.33. The molecule has 1 N–H and O–H groups in total. The third-order valence-corrected chi connectivity index (χ3v) is 5.91. The highest BCUT2D eigenvalue weighted by atomic mass is 16.5. The minimum atomic E-state index is -0.831. The molecular formula is C21H21N3O6. The number of carbonyl (C=O) groups is 2. The Kier molecular flexibility index (Phi) is 4.11. The Bertz CT molecular complexity index is 1040. The first-order chi connectivity index (χ1) is 14.4. The van der Waals surface area contributed by atoms with E-state index in [0.29, 0.717) is 35.3 Å². The Morgan fingerprint density at radius 2 is 1.97 bits per heavy atom. The zero-order chi connectivity index (χ0) is 21.0. The molecule has 2 bridgehead atoms. The quantitative estimate of drug-likeness (QED) is 0.750. The number of fused-ring (bicyclic) bond motifs is 1. The van der Waals surface area contributed by atoms with Crippen LogP contribution in [0.15, 0.2) is 40.9 Å². The number of anilines is 2. The number of aromatic nitrogens is 1. The molecule has 3 aliphatic heterocycles. The third kappa shape index (κ3) is 2.69. The number of aryl methyl sites for hydroxylation is 1. The first kappa shape index (κ1) is 18.7. The van der Waals surface area contributed by atoms with Gasteiger partial charge in [0.1, 0.15) is 22.9 Å². The monoisotopic (exact) mass is 411 g/mol. The molecule has 156 valence electrons. The molecule has 9 heteroatoms. The molecular weight excluding hydrogens is 390 g/mol. The van der Waals surface area contributed by atoms with Gasteiger partial charge in [-0.05, 0) is 6.92 Å². The molecule has 0 aliphatic carbocycles. The summed E-state index contributed by atoms with van der Waals surface area (Å²) in [4.78, 5) is 28.0. The zero-order valence-corrected chi connectivity index (χ0v) is 16.7. The fourth-order valence-corrected chi connectivity index (χ4v) is 4.58. The van der Waals surface area contributed by atoms with Crippen LogP contribution in [0.4, 0.5) is 11.5 Å². The van der Waals surface area contributed by atoms with Crippen LogP contribution < -0.4 is 19.7 Å². The van der Waals surface area contributed by atoms with Gasteiger partial charge in [0.25, 0.3) is 0 Å². The van der Waals surface area contributed by atoms with E-state index in [1.54, 1.807) is 31.2 Å². The van der Waals surface area contributed by atoms with E-state index in [9.17, 15) is 9.59 Å². The normalized spacial score (nSPS) is 28.7. The minimum Gasteiger partial charge on any atom is -0.497 e. The number of nitrogens with zero attached hydrogens (tertiary/aromatic N) is 2. The lowest BCUT2D eigenvalue weighted by molar-refractivity contribution is -0.128. The van der Waals surface area contributed by atoms with Gasteiger partial charge < -0.3 is 24.1 Å². The number of hydrogen-bond acceptors (Lipinski definition) is 7. The Morgan fingerprint density at radius 3 is 2.60 bits per heavy atom. The SMILES string of the molecule is COc1cc(NC(=O)C2C3C(=O)N(c4cc(C)on4)C[C@]34C=C[C@H]2O4)cc(OC)c1. The lowest BCUT2D eigenvalue weighted by Gasteiger charge is -2.23. The maximum absolute atomic E-state index is 13.3. The summed E-state index contributed by atoms with van der Waals surface area (Å²) in [5, 5.41) is 6.84. The van der Waals surface area contributed by atoms with Gasteiger partial charge in [0.15, 0.2) is 5.82 Å². The smallest absolute Gasteiger partial charge is 0.235 e. The number of rotatable bonds is 5. The van der Waals surface area contributed by atoms with E-state index in [1.807, 2.05) is 12.2 Å². The van der Waals surface area contributed by atoms with Gasteiger partial charge >= 0.3 is 0 Å². The van der Waals surface area contributed by atoms with Crippen LogP contribution in [0.25, 0.3) is 0 Å². The molecule has 1 spiro atoms. The number of benzene rings is 1. The van der Waals surface area contributed by atoms with Crippen LogP contribution in [0.3, 0.4) is 0 Å². The van der Waals surface area contributed by atoms with Crippen LogP contribution in [0.5, 0.6) is 11.5 Å². The largest absolute Gasteiger partial charge is 0.497 e. The summed E-state index contributed by atoms with van der Waals surface area (Å²) >= 11 is 0. The van der Waals surface area contributed by atoms with Gasteiger partial charge in [0.05, 0.1) is 38.7 Å². The van der Waals surface area contributed by atoms with E-state index >= 15 is 0 Å². The molecule has 5 rings (SSSR count). The predicted octanol–water partition coefficient (Wildman–Crippen LogP) is 1.93. The number of carbonyl (C=O) groups excluding carboxylic acids is 2. The second-order valence-electron chi connectivity index (χ2n) is 7.71. The van der Waals surface area contributed by atoms with Crippen LogP contribution in [-0.2, 0) is 14.3 Å². The van der Waals surface area contributed by atoms with Crippen LogP contribution in [-0.4, -0.2) is 49.4 Å². The Labute approximate surface area is 172 Å². The maximum atomic E-state index is 13.3. The van der Waals surface area contributed by atoms with Gasteiger partial charge in [0.2, 0.25) is 11.8 Å². The molecule has 2 amide bonds. The first-order valence-electron chi connectivity index (χ1n) is 9.60. The number of amides is 2. The van der Waals surface area contributed by atoms with Gasteiger partial charge in [-0.1, -0.05) is 17.3 Å². The molecule has 9 nitrogen and oxygen atoms in total. The number of hydrogen-bond donors (Lipinski definition) is 1. The van der Waals surface area contributed by atoms with Crippen molar-refractivity contribution < 1.29 is 28.3 Å². The Morgan fingerprint density at radius 1 is 1.23 bits per heavy atom. The van der Waals surface area contributed by atoms with Crippen molar-refractivity contribution in [2.45, 2.75) is 18.6 Å². The molecule has 1 aromatic carbocycles. The van der Waals surface area contributed by atoms with Crippen molar-refractivity contribution in [1.82, 2.24) is 5.16 Å². The number of nitrogens with one attached hydrogen (secondary N) is 1. The highest BCUT2D eigenvalue weighted by molar-refractivity contribution is 6.05. The summed E-state index contributed by atoms with van der Waals surface area (Å²) in [5.41, 5.74) is -0.311. The fourth-order valence-electron chi connectivity index (χ4n) is 4.58. The summed E-state index contributed by atoms with van der Waals surface area (Å²) in [6, 6.07) is 6.80. The molecule has 2 aromatic rings. The molecule has 2 fully saturated rings. The molecule has 30 heavy (non-hydrogen) atoms. The van der Waals surface area contributed by atoms with Gasteiger partial charge in [-0.2, -0.15) is 0 Å². The molecule has 2 unspecified atom stereocenters. The van der Waals surface area contributed by atoms with Crippen LogP contribution >= 0.6 is 0 Å². The average Bonchev–Trinajstić information content (AvgIpc) is 3.48. The molecule has 0 saturated carbocycles. The molecule has 4 heterocycles. The van der Waals surface area contributed by atoms with Crippen molar-refractivity contribution >= 4 is 23.3 Å². The van der Waals surface area contributed by atoms with E-state index in [2.05, 4.69) is 10.5 Å². The van der Waals surface area contributed by atoms with Crippen LogP contribution in [0, 0.1) is 18.8 Å². The lowest BCUT2D eigenvalue weighted by Crippen LogP contribution is -2.41. The number of ether oxygens (including phenoxy) is 3. The highest BCUT2D eigenvalue weighted by Gasteiger charge is 2.67. The topological polar surface area (TPSA) is 103 Å². The second kappa shape index (κ2) is 6.60. The summed E-state index contributed by atoms with van der Waals surface area (Å²) < 4.78 is 21.8. The summed E-state index contributed by atoms with van der Waals surface area (Å²) in [5.74, 6) is 0.364. The summed E-state index contributed by atoms with van der Waals surface area (Å²) in [6.45, 7) is 2.06. The minimum absolute atomic E-state index is 0.196. The zero-order valence-electron chi connectivity index (χ0n) is 16.7. The fraction of sp³-hybridized carbons (Fsp3) is 0.381. The number of methoxy groups -OCH3 is 2. The Balaban J connectivity index is 1.42. The average molecular weight is 411 g/mol. The highest BCUT2D eigenvalue weighted by Crippen LogP contribution is 2.52. The van der Waals surface area contributed by atoms with Crippen molar-refractivity contribution in [2.75, 3.05) is 31.0 Å². The van der Waals surface area contributed by atoms with Gasteiger partial charge in [-0.3, -0.25) is 14.5 Å². The van der Waals surface area contributed by atoms with E-state index < -0.39 is 23.5 Å². The van der Waals surface area contributed by atoms with E-state index in [-0.39, 0.29) is 11.8 Å². The molecule has 1 aromatic heterocycles. The van der Waals surface area contributed by atoms with E-state index in [4.69, 9.17) is 18.7 Å². The third-order valence-electron chi connectivity index (χ3n) is 5.91. The lowest BCUT2D eigenvalue weighted by atomic mass is 9.77. The summed E-state index contributed by atoms with van der Waals surface area (Å²) in [7, 11) is 3.08. The van der Waals surface area contributed by atoms with Gasteiger partial charge in [0, 0.05) is 30.0 Å². The van der Waals surface area contributed by atoms with Crippen LogP contribution in [0.1, 0.15) is 5.76 Å². The van der Waals surface area contributed by atoms with Crippen molar-refractivity contribution in [3.63, 3.8) is 0 Å². The first-order valence-corrected chi connectivity index (χ1v) is 9.60. The molecule has 4 atom stereocenters. The van der Waals surface area contributed by atoms with Crippen molar-refractivity contribution in [3.8, 4) is 11.5 Å². The van der Waals surface area contributed by atoms with E-state index in [1.165, 1.54) is 19.1 Å². The van der Waals surface area contributed by atoms with Crippen molar-refractivity contribution in [3.05, 3.63) is 42.2 Å². The maximum Gasteiger partial charge on any atom is 0.235 e. The second-order valence-corrected chi connectivity index (χ2v) is 7.71. The van der Waals surface area contributed by atoms with Crippen molar-refractivity contribution in [2.24, 2.45) is 11.8 Å². The molecule has 2 saturated heterocycles. The molecule has 3 aliphatic rings. The predicted molar refractivity (Wildman–Crippen MR) is 105 cm³/mol. The standard InChI is InChI=1S/C21H21N3O6/c1-11-6-16(23-30-11)24-10-21-5-4-15(29-21)17(18(21)20(24)26)19(25)22-12-7-13(27-2)9-14(8-12)28-3/h4-9,15,17-18H,10H2,1-3H3,(H,22,25)/t15-,17?,18?,21-/m1/s1. The van der Waals surface area contributed by atoms with Gasteiger partial charge in [-0.25, -0.2) is 0 Å². The van der Waals surface area contributed by atoms with Crippen LogP contribution in [0.2, 0.25) is 0 Å². The van der Waals surface area contributed by atoms with E-state index in [0.717, 1.165) is 0 Å². The van der Waals surface area contributed by atoms with Gasteiger partial charge in [-0.15, -0.1) is 0 Å².